The molecule has 2 atom stereocenters. The number of halogens is 2. The summed E-state index contributed by atoms with van der Waals surface area (Å²) < 4.78 is 14.2. The Morgan fingerprint density at radius 2 is 2.05 bits per heavy atom. The molecule has 3 nitrogen and oxygen atoms in total. The molecule has 0 aliphatic carbocycles. The number of hydrogen-bond acceptors (Lipinski definition) is 3. The molecule has 2 unspecified atom stereocenters. The molecule has 3 rings (SSSR count). The molecule has 0 spiro atoms. The van der Waals surface area contributed by atoms with E-state index in [0.717, 1.165) is 19.5 Å². The van der Waals surface area contributed by atoms with E-state index in [-0.39, 0.29) is 11.9 Å². The Hall–Kier alpha value is -0.680. The Balaban J connectivity index is 1.75. The number of likely N-dealkylation sites (tertiary alicyclic amines) is 2. The monoisotopic (exact) mass is 311 g/mol. The first kappa shape index (κ1) is 15.2. The molecule has 0 saturated carbocycles. The van der Waals surface area contributed by atoms with Crippen molar-refractivity contribution in [1.29, 1.82) is 0 Å². The van der Waals surface area contributed by atoms with Crippen LogP contribution in [0.3, 0.4) is 0 Å². The van der Waals surface area contributed by atoms with Gasteiger partial charge in [0.15, 0.2) is 0 Å². The summed E-state index contributed by atoms with van der Waals surface area (Å²) in [5.41, 5.74) is 6.50. The van der Waals surface area contributed by atoms with Crippen LogP contribution in [-0.2, 0) is 0 Å². The molecule has 116 valence electrons. The van der Waals surface area contributed by atoms with Crippen LogP contribution < -0.4 is 5.73 Å². The van der Waals surface area contributed by atoms with Gasteiger partial charge in [-0.1, -0.05) is 17.7 Å². The molecule has 2 fully saturated rings. The van der Waals surface area contributed by atoms with Gasteiger partial charge < -0.3 is 5.73 Å². The van der Waals surface area contributed by atoms with Gasteiger partial charge in [-0.3, -0.25) is 9.80 Å². The number of rotatable bonds is 4. The van der Waals surface area contributed by atoms with Crippen LogP contribution in [0.15, 0.2) is 18.2 Å². The maximum Gasteiger partial charge on any atom is 0.129 e. The third-order valence-electron chi connectivity index (χ3n) is 4.85. The average molecular weight is 312 g/mol. The summed E-state index contributed by atoms with van der Waals surface area (Å²) >= 11 is 6.21. The summed E-state index contributed by atoms with van der Waals surface area (Å²) in [6.07, 6.45) is 3.74. The molecule has 2 saturated heterocycles. The Kier molecular flexibility index (Phi) is 4.79. The van der Waals surface area contributed by atoms with Crippen LogP contribution in [-0.4, -0.2) is 48.6 Å². The zero-order valence-electron chi connectivity index (χ0n) is 12.3. The van der Waals surface area contributed by atoms with E-state index < -0.39 is 0 Å². The van der Waals surface area contributed by atoms with E-state index in [1.807, 2.05) is 0 Å². The van der Waals surface area contributed by atoms with Gasteiger partial charge in [0.25, 0.3) is 0 Å². The van der Waals surface area contributed by atoms with Gasteiger partial charge in [0.1, 0.15) is 5.82 Å². The van der Waals surface area contributed by atoms with Gasteiger partial charge in [-0.05, 0) is 44.5 Å². The van der Waals surface area contributed by atoms with Gasteiger partial charge in [-0.2, -0.15) is 0 Å². The van der Waals surface area contributed by atoms with Gasteiger partial charge >= 0.3 is 0 Å². The van der Waals surface area contributed by atoms with Gasteiger partial charge in [-0.25, -0.2) is 4.39 Å². The first-order valence-corrected chi connectivity index (χ1v) is 8.20. The van der Waals surface area contributed by atoms with Crippen LogP contribution >= 0.6 is 11.6 Å². The largest absolute Gasteiger partial charge is 0.329 e. The number of nitrogens with zero attached hydrogens (tertiary/aromatic N) is 2. The zero-order chi connectivity index (χ0) is 14.8. The molecule has 2 N–H and O–H groups in total. The van der Waals surface area contributed by atoms with Gasteiger partial charge in [0, 0.05) is 36.3 Å². The van der Waals surface area contributed by atoms with Crippen molar-refractivity contribution in [3.8, 4) is 0 Å². The fourth-order valence-electron chi connectivity index (χ4n) is 3.73. The maximum atomic E-state index is 14.2. The molecule has 2 aliphatic rings. The highest BCUT2D eigenvalue weighted by atomic mass is 35.5. The maximum absolute atomic E-state index is 14.2. The number of benzene rings is 1. The summed E-state index contributed by atoms with van der Waals surface area (Å²) in [4.78, 5) is 4.86. The van der Waals surface area contributed by atoms with Crippen molar-refractivity contribution in [2.75, 3.05) is 32.7 Å². The van der Waals surface area contributed by atoms with Gasteiger partial charge in [0.05, 0.1) is 6.04 Å². The highest BCUT2D eigenvalue weighted by Gasteiger charge is 2.34. The molecular weight excluding hydrogens is 289 g/mol. The van der Waals surface area contributed by atoms with E-state index in [9.17, 15) is 4.39 Å². The van der Waals surface area contributed by atoms with Crippen LogP contribution in [0, 0.1) is 5.82 Å². The Morgan fingerprint density at radius 3 is 2.71 bits per heavy atom. The SMILES string of the molecule is NCC(c1c(F)cccc1Cl)N1CCC(N2CCCC2)C1. The quantitative estimate of drug-likeness (QED) is 0.928. The van der Waals surface area contributed by atoms with Crippen molar-refractivity contribution in [3.05, 3.63) is 34.6 Å². The second-order valence-electron chi connectivity index (χ2n) is 6.07. The molecule has 2 aliphatic heterocycles. The zero-order valence-corrected chi connectivity index (χ0v) is 13.0. The standard InChI is InChI=1S/C16H23ClFN3/c17-13-4-3-5-14(18)16(13)15(10-19)21-9-6-12(11-21)20-7-1-2-8-20/h3-5,12,15H,1-2,6-11,19H2. The minimum Gasteiger partial charge on any atom is -0.329 e. The molecule has 1 aromatic carbocycles. The van der Waals surface area contributed by atoms with Crippen molar-refractivity contribution >= 4 is 11.6 Å². The number of hydrogen-bond donors (Lipinski definition) is 1. The minimum atomic E-state index is -0.248. The normalized spacial score (nSPS) is 25.6. The Labute approximate surface area is 130 Å². The van der Waals surface area contributed by atoms with E-state index in [1.54, 1.807) is 12.1 Å². The van der Waals surface area contributed by atoms with Crippen molar-refractivity contribution in [3.63, 3.8) is 0 Å². The lowest BCUT2D eigenvalue weighted by atomic mass is 10.0. The number of nitrogens with two attached hydrogens (primary N) is 1. The summed E-state index contributed by atoms with van der Waals surface area (Å²) in [6, 6.07) is 5.33. The van der Waals surface area contributed by atoms with Crippen molar-refractivity contribution < 1.29 is 4.39 Å². The summed E-state index contributed by atoms with van der Waals surface area (Å²) in [5, 5.41) is 0.482. The highest BCUT2D eigenvalue weighted by molar-refractivity contribution is 6.31. The molecule has 0 bridgehead atoms. The molecule has 0 amide bonds. The summed E-state index contributed by atoms with van der Waals surface area (Å²) in [5.74, 6) is -0.248. The Bertz CT molecular complexity index is 470. The lowest BCUT2D eigenvalue weighted by Crippen LogP contribution is -2.38. The third kappa shape index (κ3) is 3.09. The molecule has 0 aromatic heterocycles. The molecule has 5 heteroatoms. The van der Waals surface area contributed by atoms with E-state index in [0.29, 0.717) is 23.2 Å². The smallest absolute Gasteiger partial charge is 0.129 e. The average Bonchev–Trinajstić information content (AvgIpc) is 3.13. The molecule has 21 heavy (non-hydrogen) atoms. The van der Waals surface area contributed by atoms with Crippen molar-refractivity contribution in [1.82, 2.24) is 9.80 Å². The van der Waals surface area contributed by atoms with Crippen LogP contribution in [0.2, 0.25) is 5.02 Å². The summed E-state index contributed by atoms with van der Waals surface area (Å²) in [7, 11) is 0. The highest BCUT2D eigenvalue weighted by Crippen LogP contribution is 2.33. The minimum absolute atomic E-state index is 0.119. The first-order valence-electron chi connectivity index (χ1n) is 7.82. The fraction of sp³-hybridized carbons (Fsp3) is 0.625. The molecule has 1 aromatic rings. The van der Waals surface area contributed by atoms with Crippen molar-refractivity contribution in [2.24, 2.45) is 5.73 Å². The Morgan fingerprint density at radius 1 is 1.29 bits per heavy atom. The van der Waals surface area contributed by atoms with Crippen LogP contribution in [0.5, 0.6) is 0 Å². The van der Waals surface area contributed by atoms with Crippen LogP contribution in [0.1, 0.15) is 30.9 Å². The van der Waals surface area contributed by atoms with Crippen LogP contribution in [0.4, 0.5) is 4.39 Å². The molecule has 2 heterocycles. The predicted molar refractivity (Wildman–Crippen MR) is 84.0 cm³/mol. The second kappa shape index (κ2) is 6.61. The van der Waals surface area contributed by atoms with E-state index >= 15 is 0 Å². The lowest BCUT2D eigenvalue weighted by Gasteiger charge is -2.29. The third-order valence-corrected chi connectivity index (χ3v) is 5.18. The van der Waals surface area contributed by atoms with Crippen molar-refractivity contribution in [2.45, 2.75) is 31.3 Å². The molecule has 0 radical (unpaired) electrons. The first-order chi connectivity index (χ1) is 10.2. The fourth-order valence-corrected chi connectivity index (χ4v) is 4.02. The lowest BCUT2D eigenvalue weighted by molar-refractivity contribution is 0.200. The second-order valence-corrected chi connectivity index (χ2v) is 6.47. The van der Waals surface area contributed by atoms with E-state index in [2.05, 4.69) is 9.80 Å². The van der Waals surface area contributed by atoms with E-state index in [1.165, 1.54) is 32.0 Å². The van der Waals surface area contributed by atoms with Gasteiger partial charge in [0.2, 0.25) is 0 Å². The van der Waals surface area contributed by atoms with E-state index in [4.69, 9.17) is 17.3 Å². The topological polar surface area (TPSA) is 32.5 Å². The van der Waals surface area contributed by atoms with Crippen LogP contribution in [0.25, 0.3) is 0 Å². The summed E-state index contributed by atoms with van der Waals surface area (Å²) in [6.45, 7) is 4.73. The predicted octanol–water partition coefficient (Wildman–Crippen LogP) is 2.65. The van der Waals surface area contributed by atoms with Gasteiger partial charge in [-0.15, -0.1) is 0 Å². The molecular formula is C16H23ClFN3.